The number of para-hydroxylation sites is 3. The van der Waals surface area contributed by atoms with Crippen LogP contribution in [0.15, 0.2) is 48.5 Å². The Hall–Kier alpha value is -1.23. The molecule has 0 aliphatic carbocycles. The zero-order chi connectivity index (χ0) is 11.4. The van der Waals surface area contributed by atoms with Crippen LogP contribution in [-0.4, -0.2) is 0 Å². The first kappa shape index (κ1) is 11.3. The quantitative estimate of drug-likeness (QED) is 0.660. The van der Waals surface area contributed by atoms with Gasteiger partial charge < -0.3 is 8.27 Å². The lowest BCUT2D eigenvalue weighted by Crippen LogP contribution is -1.90. The van der Waals surface area contributed by atoms with E-state index in [0.717, 1.165) is 22.7 Å². The van der Waals surface area contributed by atoms with Gasteiger partial charge in [-0.15, -0.1) is 0 Å². The Morgan fingerprint density at radius 1 is 0.938 bits per heavy atom. The van der Waals surface area contributed by atoms with Crippen molar-refractivity contribution in [3.63, 3.8) is 0 Å². The Morgan fingerprint density at radius 3 is 2.25 bits per heavy atom. The van der Waals surface area contributed by atoms with Crippen LogP contribution in [0.5, 0.6) is 11.5 Å². The number of ether oxygens (including phenoxy) is 1. The molecular weight excluding hydrogens is 313 g/mol. The Morgan fingerprint density at radius 2 is 1.56 bits per heavy atom. The van der Waals surface area contributed by atoms with E-state index >= 15 is 0 Å². The standard InChI is InChI=1S/C13H12INO/c1-10-6-2-4-8-12(10)16-13-9-5-3-7-11(13)15-14/h2-9,15H,1H3. The Balaban J connectivity index is 2.30. The fraction of sp³-hybridized carbons (Fsp3) is 0.0769. The molecule has 2 nitrogen and oxygen atoms in total. The normalized spacial score (nSPS) is 9.88. The van der Waals surface area contributed by atoms with Gasteiger partial charge >= 0.3 is 0 Å². The predicted octanol–water partition coefficient (Wildman–Crippen LogP) is 4.55. The van der Waals surface area contributed by atoms with Crippen molar-refractivity contribution in [2.24, 2.45) is 0 Å². The minimum absolute atomic E-state index is 0.839. The van der Waals surface area contributed by atoms with Crippen molar-refractivity contribution in [2.45, 2.75) is 6.92 Å². The van der Waals surface area contributed by atoms with E-state index in [9.17, 15) is 0 Å². The zero-order valence-electron chi connectivity index (χ0n) is 8.91. The highest BCUT2D eigenvalue weighted by Crippen LogP contribution is 2.31. The summed E-state index contributed by atoms with van der Waals surface area (Å²) in [5, 5.41) is 0. The third-order valence-corrected chi connectivity index (χ3v) is 2.88. The number of anilines is 1. The van der Waals surface area contributed by atoms with Crippen molar-refractivity contribution in [1.29, 1.82) is 0 Å². The molecule has 0 atom stereocenters. The summed E-state index contributed by atoms with van der Waals surface area (Å²) in [4.78, 5) is 0. The molecule has 0 radical (unpaired) electrons. The van der Waals surface area contributed by atoms with Crippen molar-refractivity contribution in [3.05, 3.63) is 54.1 Å². The van der Waals surface area contributed by atoms with Gasteiger partial charge in [-0.1, -0.05) is 30.3 Å². The summed E-state index contributed by atoms with van der Waals surface area (Å²) in [6.07, 6.45) is 0. The van der Waals surface area contributed by atoms with Crippen LogP contribution in [0.2, 0.25) is 0 Å². The molecule has 0 saturated carbocycles. The molecule has 3 heteroatoms. The molecule has 2 rings (SSSR count). The van der Waals surface area contributed by atoms with E-state index in [1.54, 1.807) is 0 Å². The van der Waals surface area contributed by atoms with E-state index in [1.165, 1.54) is 0 Å². The second-order valence-corrected chi connectivity index (χ2v) is 4.00. The van der Waals surface area contributed by atoms with Gasteiger partial charge in [-0.25, -0.2) is 0 Å². The van der Waals surface area contributed by atoms with Crippen LogP contribution >= 0.6 is 22.9 Å². The van der Waals surface area contributed by atoms with E-state index < -0.39 is 0 Å². The second kappa shape index (κ2) is 5.21. The predicted molar refractivity (Wildman–Crippen MR) is 75.3 cm³/mol. The lowest BCUT2D eigenvalue weighted by Gasteiger charge is -2.11. The lowest BCUT2D eigenvalue weighted by atomic mass is 10.2. The van der Waals surface area contributed by atoms with Crippen molar-refractivity contribution in [2.75, 3.05) is 3.53 Å². The number of halogens is 1. The van der Waals surface area contributed by atoms with Crippen molar-refractivity contribution in [1.82, 2.24) is 0 Å². The average molecular weight is 325 g/mol. The van der Waals surface area contributed by atoms with Crippen LogP contribution in [0.25, 0.3) is 0 Å². The zero-order valence-corrected chi connectivity index (χ0v) is 11.1. The van der Waals surface area contributed by atoms with Crippen molar-refractivity contribution >= 4 is 28.6 Å². The van der Waals surface area contributed by atoms with Gasteiger partial charge in [0.25, 0.3) is 0 Å². The van der Waals surface area contributed by atoms with Crippen LogP contribution in [0, 0.1) is 6.92 Å². The van der Waals surface area contributed by atoms with Gasteiger partial charge in [0.1, 0.15) is 5.75 Å². The maximum atomic E-state index is 5.86. The highest BCUT2D eigenvalue weighted by atomic mass is 127. The van der Waals surface area contributed by atoms with Gasteiger partial charge in [-0.2, -0.15) is 0 Å². The van der Waals surface area contributed by atoms with E-state index in [2.05, 4.69) is 26.4 Å². The van der Waals surface area contributed by atoms with Crippen molar-refractivity contribution < 1.29 is 4.74 Å². The van der Waals surface area contributed by atoms with Crippen LogP contribution in [0.1, 0.15) is 5.56 Å². The third-order valence-electron chi connectivity index (χ3n) is 2.30. The Kier molecular flexibility index (Phi) is 3.66. The van der Waals surface area contributed by atoms with Crippen molar-refractivity contribution in [3.8, 4) is 11.5 Å². The second-order valence-electron chi connectivity index (χ2n) is 3.46. The molecule has 0 saturated heterocycles. The molecule has 0 fully saturated rings. The van der Waals surface area contributed by atoms with Crippen LogP contribution in [0.4, 0.5) is 5.69 Å². The molecule has 0 spiro atoms. The summed E-state index contributed by atoms with van der Waals surface area (Å²) in [7, 11) is 0. The summed E-state index contributed by atoms with van der Waals surface area (Å²) in [6.45, 7) is 2.04. The summed E-state index contributed by atoms with van der Waals surface area (Å²) in [5.41, 5.74) is 2.11. The lowest BCUT2D eigenvalue weighted by molar-refractivity contribution is 0.481. The minimum Gasteiger partial charge on any atom is -0.455 e. The fourth-order valence-electron chi connectivity index (χ4n) is 1.42. The third kappa shape index (κ3) is 2.47. The molecular formula is C13H12INO. The van der Waals surface area contributed by atoms with Crippen LogP contribution in [0.3, 0.4) is 0 Å². The first-order valence-electron chi connectivity index (χ1n) is 5.00. The highest BCUT2D eigenvalue weighted by Gasteiger charge is 2.04. The van der Waals surface area contributed by atoms with Gasteiger partial charge in [0, 0.05) is 0 Å². The summed E-state index contributed by atoms with van der Waals surface area (Å²) in [5.74, 6) is 1.73. The number of hydrogen-bond donors (Lipinski definition) is 1. The molecule has 0 aliphatic heterocycles. The topological polar surface area (TPSA) is 21.3 Å². The number of hydrogen-bond acceptors (Lipinski definition) is 2. The molecule has 2 aromatic carbocycles. The summed E-state index contributed by atoms with van der Waals surface area (Å²) in [6, 6.07) is 15.9. The molecule has 0 amide bonds. The summed E-state index contributed by atoms with van der Waals surface area (Å²) < 4.78 is 8.94. The van der Waals surface area contributed by atoms with Gasteiger partial charge in [0.2, 0.25) is 0 Å². The highest BCUT2D eigenvalue weighted by molar-refractivity contribution is 14.1. The molecule has 0 aromatic heterocycles. The smallest absolute Gasteiger partial charge is 0.151 e. The van der Waals surface area contributed by atoms with Gasteiger partial charge in [-0.05, 0) is 30.7 Å². The van der Waals surface area contributed by atoms with E-state index in [-0.39, 0.29) is 0 Å². The molecule has 16 heavy (non-hydrogen) atoms. The van der Waals surface area contributed by atoms with Crippen LogP contribution < -0.4 is 8.27 Å². The molecule has 0 aliphatic rings. The van der Waals surface area contributed by atoms with E-state index in [1.807, 2.05) is 55.5 Å². The number of benzene rings is 2. The van der Waals surface area contributed by atoms with Gasteiger partial charge in [-0.3, -0.25) is 0 Å². The molecule has 1 N–H and O–H groups in total. The number of aryl methyl sites for hydroxylation is 1. The fourth-order valence-corrected chi connectivity index (χ4v) is 1.87. The maximum absolute atomic E-state index is 5.86. The minimum atomic E-state index is 0.839. The number of nitrogens with one attached hydrogen (secondary N) is 1. The SMILES string of the molecule is Cc1ccccc1Oc1ccccc1NI. The first-order valence-corrected chi connectivity index (χ1v) is 6.08. The van der Waals surface area contributed by atoms with Crippen LogP contribution in [-0.2, 0) is 0 Å². The maximum Gasteiger partial charge on any atom is 0.151 e. The van der Waals surface area contributed by atoms with E-state index in [0.29, 0.717) is 0 Å². The molecule has 0 bridgehead atoms. The average Bonchev–Trinajstić information content (AvgIpc) is 2.33. The molecule has 0 unspecified atom stereocenters. The monoisotopic (exact) mass is 325 g/mol. The largest absolute Gasteiger partial charge is 0.455 e. The Bertz CT molecular complexity index is 485. The summed E-state index contributed by atoms with van der Waals surface area (Å²) >= 11 is 2.10. The molecule has 82 valence electrons. The van der Waals surface area contributed by atoms with E-state index in [4.69, 9.17) is 4.74 Å². The first-order chi connectivity index (χ1) is 7.81. The van der Waals surface area contributed by atoms with Gasteiger partial charge in [0.15, 0.2) is 5.75 Å². The molecule has 2 aromatic rings. The van der Waals surface area contributed by atoms with Gasteiger partial charge in [0.05, 0.1) is 28.6 Å². The molecule has 0 heterocycles. The Labute approximate surface area is 109 Å². The number of rotatable bonds is 3.